The number of esters is 2. The van der Waals surface area contributed by atoms with Crippen LogP contribution in [0, 0.1) is 11.3 Å². The number of nitrogens with zero attached hydrogens (tertiary/aromatic N) is 2. The maximum Gasteiger partial charge on any atom is 0.338 e. The minimum Gasteiger partial charge on any atom is -0.466 e. The highest BCUT2D eigenvalue weighted by atomic mass is 32.2. The zero-order chi connectivity index (χ0) is 21.5. The van der Waals surface area contributed by atoms with Gasteiger partial charge in [0.1, 0.15) is 11.6 Å². The second kappa shape index (κ2) is 7.04. The number of anilines is 1. The van der Waals surface area contributed by atoms with Gasteiger partial charge in [0.2, 0.25) is 4.87 Å². The Morgan fingerprint density at radius 1 is 0.933 bits per heavy atom. The third-order valence-corrected chi connectivity index (χ3v) is 6.88. The number of methoxy groups -OCH3 is 2. The van der Waals surface area contributed by atoms with Gasteiger partial charge in [-0.1, -0.05) is 60.3 Å². The molecule has 7 nitrogen and oxygen atoms in total. The van der Waals surface area contributed by atoms with Crippen molar-refractivity contribution in [1.82, 2.24) is 0 Å². The van der Waals surface area contributed by atoms with Crippen molar-refractivity contribution in [3.05, 3.63) is 77.4 Å². The summed E-state index contributed by atoms with van der Waals surface area (Å²) in [7, 11) is 2.33. The van der Waals surface area contributed by atoms with Gasteiger partial charge in [-0.15, -0.1) is 0 Å². The fourth-order valence-electron chi connectivity index (χ4n) is 3.97. The van der Waals surface area contributed by atoms with E-state index in [1.165, 1.54) is 4.90 Å². The molecule has 2 heterocycles. The number of thioether (sulfide) groups is 1. The summed E-state index contributed by atoms with van der Waals surface area (Å²) in [5.41, 5.74) is 0.528. The molecule has 2 atom stereocenters. The van der Waals surface area contributed by atoms with Crippen molar-refractivity contribution in [2.75, 3.05) is 19.1 Å². The number of carbonyl (C=O) groups excluding carboxylic acids is 3. The molecule has 0 N–H and O–H groups in total. The molecule has 2 aromatic rings. The molecule has 2 aromatic carbocycles. The highest BCUT2D eigenvalue weighted by molar-refractivity contribution is 8.04. The maximum atomic E-state index is 13.9. The Hall–Kier alpha value is -3.57. The van der Waals surface area contributed by atoms with Gasteiger partial charge in [0.25, 0.3) is 5.91 Å². The lowest BCUT2D eigenvalue weighted by atomic mass is 9.80. The summed E-state index contributed by atoms with van der Waals surface area (Å²) < 4.78 is 8.25. The van der Waals surface area contributed by atoms with Gasteiger partial charge < -0.3 is 9.47 Å². The lowest BCUT2D eigenvalue weighted by Crippen LogP contribution is -2.53. The molecule has 8 heteroatoms. The number of benzene rings is 2. The van der Waals surface area contributed by atoms with Gasteiger partial charge in [0.15, 0.2) is 4.75 Å². The van der Waals surface area contributed by atoms with Crippen LogP contribution in [-0.4, -0.2) is 36.9 Å². The van der Waals surface area contributed by atoms with Gasteiger partial charge >= 0.3 is 11.9 Å². The van der Waals surface area contributed by atoms with Gasteiger partial charge in [-0.2, -0.15) is 5.26 Å². The number of nitriles is 1. The van der Waals surface area contributed by atoms with E-state index in [1.54, 1.807) is 60.7 Å². The molecule has 2 aliphatic rings. The molecule has 30 heavy (non-hydrogen) atoms. The number of ether oxygens (including phenoxy) is 2. The van der Waals surface area contributed by atoms with Gasteiger partial charge in [-0.25, -0.2) is 9.59 Å². The topological polar surface area (TPSA) is 96.7 Å². The first-order valence-electron chi connectivity index (χ1n) is 8.96. The van der Waals surface area contributed by atoms with Crippen LogP contribution in [0.5, 0.6) is 0 Å². The van der Waals surface area contributed by atoms with Crippen LogP contribution < -0.4 is 4.90 Å². The predicted molar refractivity (Wildman–Crippen MR) is 109 cm³/mol. The van der Waals surface area contributed by atoms with Crippen molar-refractivity contribution >= 4 is 35.3 Å². The molecule has 2 bridgehead atoms. The molecule has 1 fully saturated rings. The van der Waals surface area contributed by atoms with Gasteiger partial charge in [0.05, 0.1) is 19.8 Å². The molecule has 0 saturated carbocycles. The molecular formula is C22H16N2O5S. The number of rotatable bonds is 4. The van der Waals surface area contributed by atoms with E-state index in [9.17, 15) is 19.6 Å². The molecule has 0 aromatic heterocycles. The van der Waals surface area contributed by atoms with Crippen molar-refractivity contribution in [1.29, 1.82) is 5.26 Å². The summed E-state index contributed by atoms with van der Waals surface area (Å²) >= 11 is 0.934. The van der Waals surface area contributed by atoms with Gasteiger partial charge in [-0.05, 0) is 17.7 Å². The number of hydrogen-bond acceptors (Lipinski definition) is 7. The number of fused-ring (bicyclic) bond motifs is 2. The van der Waals surface area contributed by atoms with Crippen LogP contribution in [0.3, 0.4) is 0 Å². The third kappa shape index (κ3) is 2.36. The van der Waals surface area contributed by atoms with Crippen molar-refractivity contribution < 1.29 is 23.9 Å². The number of para-hydroxylation sites is 1. The Morgan fingerprint density at radius 3 is 2.00 bits per heavy atom. The van der Waals surface area contributed by atoms with Crippen molar-refractivity contribution in [2.45, 2.75) is 9.62 Å². The van der Waals surface area contributed by atoms with Crippen molar-refractivity contribution in [3.8, 4) is 6.07 Å². The molecule has 0 spiro atoms. The summed E-state index contributed by atoms with van der Waals surface area (Å²) in [6.07, 6.45) is 0. The van der Waals surface area contributed by atoms with E-state index in [2.05, 4.69) is 6.07 Å². The Labute approximate surface area is 176 Å². The van der Waals surface area contributed by atoms with Crippen molar-refractivity contribution in [3.63, 3.8) is 0 Å². The highest BCUT2D eigenvalue weighted by Crippen LogP contribution is 2.67. The second-order valence-corrected chi connectivity index (χ2v) is 8.02. The number of carbonyl (C=O) groups is 3. The second-order valence-electron chi connectivity index (χ2n) is 6.61. The van der Waals surface area contributed by atoms with Crippen LogP contribution in [0.15, 0.2) is 71.8 Å². The van der Waals surface area contributed by atoms with Crippen LogP contribution in [0.1, 0.15) is 5.56 Å². The molecule has 1 amide bonds. The minimum absolute atomic E-state index is 0.174. The fourth-order valence-corrected chi connectivity index (χ4v) is 5.75. The van der Waals surface area contributed by atoms with Crippen LogP contribution in [-0.2, 0) is 28.6 Å². The van der Waals surface area contributed by atoms with E-state index in [0.717, 1.165) is 26.0 Å². The Bertz CT molecular complexity index is 1130. The third-order valence-electron chi connectivity index (χ3n) is 5.19. The first-order chi connectivity index (χ1) is 14.5. The molecule has 4 rings (SSSR count). The van der Waals surface area contributed by atoms with E-state index >= 15 is 0 Å². The number of amides is 1. The summed E-state index contributed by atoms with van der Waals surface area (Å²) in [6.45, 7) is 0. The maximum absolute atomic E-state index is 13.9. The van der Waals surface area contributed by atoms with Crippen LogP contribution in [0.25, 0.3) is 0 Å². The summed E-state index contributed by atoms with van der Waals surface area (Å²) in [5, 5.41) is 10.3. The molecule has 0 aliphatic carbocycles. The zero-order valence-corrected chi connectivity index (χ0v) is 16.9. The first-order valence-corrected chi connectivity index (χ1v) is 9.78. The van der Waals surface area contributed by atoms with E-state index in [-0.39, 0.29) is 11.1 Å². The van der Waals surface area contributed by atoms with Crippen LogP contribution >= 0.6 is 11.8 Å². The first kappa shape index (κ1) is 19.7. The van der Waals surface area contributed by atoms with Crippen LogP contribution in [0.4, 0.5) is 5.69 Å². The van der Waals surface area contributed by atoms with E-state index in [4.69, 9.17) is 9.47 Å². The Morgan fingerprint density at radius 2 is 1.47 bits per heavy atom. The smallest absolute Gasteiger partial charge is 0.338 e. The normalized spacial score (nSPS) is 24.6. The summed E-state index contributed by atoms with van der Waals surface area (Å²) in [4.78, 5) is 39.1. The zero-order valence-electron chi connectivity index (χ0n) is 16.1. The number of hydrogen-bond donors (Lipinski definition) is 0. The SMILES string of the molecule is COC(=O)C1=C(C(=O)OC)C2(C#N)SC1(c1ccccc1)C(=O)N2c1ccccc1. The molecular weight excluding hydrogens is 404 g/mol. The molecule has 2 aliphatic heterocycles. The Kier molecular flexibility index (Phi) is 4.63. The Balaban J connectivity index is 2.13. The minimum atomic E-state index is -1.79. The van der Waals surface area contributed by atoms with E-state index in [0.29, 0.717) is 11.3 Å². The fraction of sp³-hybridized carbons (Fsp3) is 0.182. The molecule has 0 radical (unpaired) electrons. The van der Waals surface area contributed by atoms with Crippen LogP contribution in [0.2, 0.25) is 0 Å². The molecule has 150 valence electrons. The lowest BCUT2D eigenvalue weighted by molar-refractivity contribution is -0.141. The van der Waals surface area contributed by atoms with E-state index < -0.39 is 27.5 Å². The van der Waals surface area contributed by atoms with Gasteiger partial charge in [0, 0.05) is 5.69 Å². The molecule has 2 unspecified atom stereocenters. The van der Waals surface area contributed by atoms with Crippen molar-refractivity contribution in [2.24, 2.45) is 0 Å². The highest BCUT2D eigenvalue weighted by Gasteiger charge is 2.75. The summed E-state index contributed by atoms with van der Waals surface area (Å²) in [6, 6.07) is 19.3. The average molecular weight is 420 g/mol. The standard InChI is InChI=1S/C22H16N2O5S/c1-28-18(25)16-17(19(26)29-2)22(14-9-5-3-6-10-14)20(27)24(21(16,13-23)30-22)15-11-7-4-8-12-15/h3-12H,1-2H3. The summed E-state index contributed by atoms with van der Waals surface area (Å²) in [5.74, 6) is -2.22. The quantitative estimate of drug-likeness (QED) is 0.701. The molecule has 1 saturated heterocycles. The monoisotopic (exact) mass is 420 g/mol. The van der Waals surface area contributed by atoms with Gasteiger partial charge in [-0.3, -0.25) is 9.69 Å². The largest absolute Gasteiger partial charge is 0.466 e. The predicted octanol–water partition coefficient (Wildman–Crippen LogP) is 2.54. The lowest BCUT2D eigenvalue weighted by Gasteiger charge is -2.35. The van der Waals surface area contributed by atoms with E-state index in [1.807, 2.05) is 0 Å². The average Bonchev–Trinajstić information content (AvgIpc) is 3.26.